The molecule has 0 aliphatic carbocycles. The van der Waals surface area contributed by atoms with E-state index in [1.54, 1.807) is 43.3 Å². The van der Waals surface area contributed by atoms with Crippen molar-refractivity contribution in [2.24, 2.45) is 0 Å². The summed E-state index contributed by atoms with van der Waals surface area (Å²) in [6.07, 6.45) is -0.925. The lowest BCUT2D eigenvalue weighted by Crippen LogP contribution is -2.32. The van der Waals surface area contributed by atoms with E-state index in [0.717, 1.165) is 0 Å². The average molecular weight is 368 g/mol. The SMILES string of the molecule is COC(=O)c1cccc(OCC(O)Cn2c(C)nc3ccccc3c2=O)c1. The summed E-state index contributed by atoms with van der Waals surface area (Å²) >= 11 is 0. The number of methoxy groups -OCH3 is 1. The highest BCUT2D eigenvalue weighted by molar-refractivity contribution is 5.89. The Bertz CT molecular complexity index is 1030. The smallest absolute Gasteiger partial charge is 0.337 e. The van der Waals surface area contributed by atoms with Crippen LogP contribution in [0.5, 0.6) is 5.75 Å². The van der Waals surface area contributed by atoms with Gasteiger partial charge < -0.3 is 14.6 Å². The molecule has 1 aromatic heterocycles. The lowest BCUT2D eigenvalue weighted by Gasteiger charge is -2.16. The number of carbonyl (C=O) groups excluding carboxylic acids is 1. The summed E-state index contributed by atoms with van der Waals surface area (Å²) < 4.78 is 11.6. The van der Waals surface area contributed by atoms with E-state index in [2.05, 4.69) is 9.72 Å². The maximum atomic E-state index is 12.6. The van der Waals surface area contributed by atoms with Crippen LogP contribution in [0.1, 0.15) is 16.2 Å². The summed E-state index contributed by atoms with van der Waals surface area (Å²) in [6, 6.07) is 13.6. The second-order valence-corrected chi connectivity index (χ2v) is 6.08. The van der Waals surface area contributed by atoms with Crippen molar-refractivity contribution in [2.45, 2.75) is 19.6 Å². The predicted octanol–water partition coefficient (Wildman–Crippen LogP) is 1.93. The second kappa shape index (κ2) is 8.01. The average Bonchev–Trinajstić information content (AvgIpc) is 2.69. The molecule has 1 unspecified atom stereocenters. The van der Waals surface area contributed by atoms with Crippen molar-refractivity contribution < 1.29 is 19.4 Å². The normalized spacial score (nSPS) is 12.0. The fourth-order valence-electron chi connectivity index (χ4n) is 2.78. The van der Waals surface area contributed by atoms with Crippen LogP contribution in [0.4, 0.5) is 0 Å². The lowest BCUT2D eigenvalue weighted by molar-refractivity contribution is 0.0599. The lowest BCUT2D eigenvalue weighted by atomic mass is 10.2. The van der Waals surface area contributed by atoms with Crippen molar-refractivity contribution >= 4 is 16.9 Å². The van der Waals surface area contributed by atoms with Crippen LogP contribution in [0.15, 0.2) is 53.3 Å². The van der Waals surface area contributed by atoms with Gasteiger partial charge in [0, 0.05) is 0 Å². The van der Waals surface area contributed by atoms with Gasteiger partial charge >= 0.3 is 5.97 Å². The molecule has 3 rings (SSSR count). The quantitative estimate of drug-likeness (QED) is 0.669. The molecule has 0 saturated heterocycles. The number of para-hydroxylation sites is 1. The molecule has 7 nitrogen and oxygen atoms in total. The van der Waals surface area contributed by atoms with Gasteiger partial charge in [-0.05, 0) is 37.3 Å². The summed E-state index contributed by atoms with van der Waals surface area (Å²) in [5.41, 5.74) is 0.779. The molecule has 0 spiro atoms. The highest BCUT2D eigenvalue weighted by Crippen LogP contribution is 2.15. The Labute approximate surface area is 155 Å². The van der Waals surface area contributed by atoms with Crippen molar-refractivity contribution in [1.82, 2.24) is 9.55 Å². The van der Waals surface area contributed by atoms with E-state index >= 15 is 0 Å². The standard InChI is InChI=1S/C20H20N2O5/c1-13-21-18-9-4-3-8-17(18)19(24)22(13)11-15(23)12-27-16-7-5-6-14(10-16)20(25)26-2/h3-10,15,23H,11-12H2,1-2H3. The first-order valence-corrected chi connectivity index (χ1v) is 8.45. The fourth-order valence-corrected chi connectivity index (χ4v) is 2.78. The Balaban J connectivity index is 1.72. The zero-order valence-corrected chi connectivity index (χ0v) is 15.1. The number of aliphatic hydroxyl groups is 1. The minimum atomic E-state index is -0.925. The Morgan fingerprint density at radius 2 is 2.00 bits per heavy atom. The summed E-state index contributed by atoms with van der Waals surface area (Å²) in [5, 5.41) is 10.8. The molecule has 7 heteroatoms. The van der Waals surface area contributed by atoms with Gasteiger partial charge in [0.2, 0.25) is 0 Å². The summed E-state index contributed by atoms with van der Waals surface area (Å²) in [7, 11) is 1.30. The number of ether oxygens (including phenoxy) is 2. The first-order chi connectivity index (χ1) is 13.0. The summed E-state index contributed by atoms with van der Waals surface area (Å²) in [5.74, 6) is 0.480. The molecule has 27 heavy (non-hydrogen) atoms. The van der Waals surface area contributed by atoms with Crippen LogP contribution in [0.3, 0.4) is 0 Å². The van der Waals surface area contributed by atoms with Gasteiger partial charge in [0.05, 0.1) is 30.1 Å². The largest absolute Gasteiger partial charge is 0.491 e. The fraction of sp³-hybridized carbons (Fsp3) is 0.250. The van der Waals surface area contributed by atoms with Crippen molar-refractivity contribution in [3.05, 3.63) is 70.3 Å². The van der Waals surface area contributed by atoms with Gasteiger partial charge in [-0.1, -0.05) is 18.2 Å². The maximum absolute atomic E-state index is 12.6. The van der Waals surface area contributed by atoms with Crippen molar-refractivity contribution in [3.8, 4) is 5.75 Å². The van der Waals surface area contributed by atoms with Crippen LogP contribution in [0.25, 0.3) is 10.9 Å². The van der Waals surface area contributed by atoms with Gasteiger partial charge in [-0.3, -0.25) is 9.36 Å². The van der Waals surface area contributed by atoms with Crippen LogP contribution in [0.2, 0.25) is 0 Å². The molecule has 0 fully saturated rings. The minimum Gasteiger partial charge on any atom is -0.491 e. The molecule has 0 aliphatic heterocycles. The number of hydrogen-bond acceptors (Lipinski definition) is 6. The Kier molecular flexibility index (Phi) is 5.52. The minimum absolute atomic E-state index is 0.0384. The van der Waals surface area contributed by atoms with E-state index in [1.165, 1.54) is 17.7 Å². The van der Waals surface area contributed by atoms with E-state index in [4.69, 9.17) is 4.74 Å². The predicted molar refractivity (Wildman–Crippen MR) is 100 cm³/mol. The zero-order chi connectivity index (χ0) is 19.4. The molecule has 0 saturated carbocycles. The number of fused-ring (bicyclic) bond motifs is 1. The van der Waals surface area contributed by atoms with Crippen molar-refractivity contribution in [3.63, 3.8) is 0 Å². The number of aromatic nitrogens is 2. The monoisotopic (exact) mass is 368 g/mol. The van der Waals surface area contributed by atoms with Crippen LogP contribution >= 0.6 is 0 Å². The van der Waals surface area contributed by atoms with Gasteiger partial charge in [0.25, 0.3) is 5.56 Å². The van der Waals surface area contributed by atoms with Crippen LogP contribution < -0.4 is 10.3 Å². The van der Waals surface area contributed by atoms with E-state index in [0.29, 0.717) is 28.0 Å². The third-order valence-electron chi connectivity index (χ3n) is 4.14. The first kappa shape index (κ1) is 18.6. The molecule has 1 atom stereocenters. The highest BCUT2D eigenvalue weighted by Gasteiger charge is 2.13. The van der Waals surface area contributed by atoms with Gasteiger partial charge in [0.1, 0.15) is 24.3 Å². The van der Waals surface area contributed by atoms with Crippen LogP contribution in [0, 0.1) is 6.92 Å². The molecule has 0 radical (unpaired) electrons. The van der Waals surface area contributed by atoms with Gasteiger partial charge in [-0.25, -0.2) is 9.78 Å². The van der Waals surface area contributed by atoms with E-state index in [-0.39, 0.29) is 18.7 Å². The van der Waals surface area contributed by atoms with Crippen LogP contribution in [-0.4, -0.2) is 40.4 Å². The molecule has 2 aromatic carbocycles. The topological polar surface area (TPSA) is 90.7 Å². The molecule has 1 N–H and O–H groups in total. The highest BCUT2D eigenvalue weighted by atomic mass is 16.5. The van der Waals surface area contributed by atoms with E-state index in [9.17, 15) is 14.7 Å². The number of rotatable bonds is 6. The Hall–Kier alpha value is -3.19. The number of aryl methyl sites for hydroxylation is 1. The first-order valence-electron chi connectivity index (χ1n) is 8.45. The maximum Gasteiger partial charge on any atom is 0.337 e. The molecule has 0 bridgehead atoms. The van der Waals surface area contributed by atoms with Crippen molar-refractivity contribution in [1.29, 1.82) is 0 Å². The molecule has 3 aromatic rings. The zero-order valence-electron chi connectivity index (χ0n) is 15.1. The van der Waals surface area contributed by atoms with Gasteiger partial charge in [-0.2, -0.15) is 0 Å². The molecule has 140 valence electrons. The Morgan fingerprint density at radius 1 is 1.22 bits per heavy atom. The summed E-state index contributed by atoms with van der Waals surface area (Å²) in [4.78, 5) is 28.6. The number of benzene rings is 2. The number of esters is 1. The number of nitrogens with zero attached hydrogens (tertiary/aromatic N) is 2. The van der Waals surface area contributed by atoms with Gasteiger partial charge in [0.15, 0.2) is 0 Å². The molecule has 0 aliphatic rings. The molecular weight excluding hydrogens is 348 g/mol. The third-order valence-corrected chi connectivity index (χ3v) is 4.14. The van der Waals surface area contributed by atoms with Crippen LogP contribution in [-0.2, 0) is 11.3 Å². The third kappa shape index (κ3) is 4.15. The summed E-state index contributed by atoms with van der Waals surface area (Å²) in [6.45, 7) is 1.74. The van der Waals surface area contributed by atoms with Crippen molar-refractivity contribution in [2.75, 3.05) is 13.7 Å². The van der Waals surface area contributed by atoms with E-state index in [1.807, 2.05) is 6.07 Å². The molecule has 1 heterocycles. The second-order valence-electron chi connectivity index (χ2n) is 6.08. The molecular formula is C20H20N2O5. The number of hydrogen-bond donors (Lipinski definition) is 1. The Morgan fingerprint density at radius 3 is 2.78 bits per heavy atom. The van der Waals surface area contributed by atoms with E-state index < -0.39 is 12.1 Å². The number of aliphatic hydroxyl groups excluding tert-OH is 1. The number of carbonyl (C=O) groups is 1. The molecule has 0 amide bonds. The van der Waals surface area contributed by atoms with Gasteiger partial charge in [-0.15, -0.1) is 0 Å².